The Hall–Kier alpha value is -6.29. The SMILES string of the molecule is CC1(C)C(NC(=O)c2ccc(C#CCC3CCN(CC4CCN(C(=O)C5CCN(c6ccc7nnn(C8CCC(=O)NC8=O)c(=O)c7c6)CC5)CC4)CC3)cc2)C(C)(C)C1Oc1ccc(C#N)c(Cl)c1. The molecule has 1 aromatic heterocycles. The van der Waals surface area contributed by atoms with Crippen molar-refractivity contribution in [2.45, 2.75) is 104 Å². The summed E-state index contributed by atoms with van der Waals surface area (Å²) in [4.78, 5) is 71.6. The molecule has 366 valence electrons. The zero-order chi connectivity index (χ0) is 49.3. The van der Waals surface area contributed by atoms with Crippen molar-refractivity contribution in [2.75, 3.05) is 50.7 Å². The van der Waals surface area contributed by atoms with Gasteiger partial charge in [-0.2, -0.15) is 9.94 Å². The molecule has 4 aliphatic heterocycles. The number of carbonyl (C=O) groups is 4. The summed E-state index contributed by atoms with van der Waals surface area (Å²) in [5.41, 5.74) is 2.07. The smallest absolute Gasteiger partial charge is 0.278 e. The number of fused-ring (bicyclic) bond motifs is 1. The minimum absolute atomic E-state index is 0.0187. The Balaban J connectivity index is 0.673. The van der Waals surface area contributed by atoms with E-state index in [1.807, 2.05) is 30.3 Å². The number of imide groups is 1. The maximum atomic E-state index is 13.7. The van der Waals surface area contributed by atoms with Crippen LogP contribution in [0.15, 0.2) is 65.5 Å². The van der Waals surface area contributed by atoms with Crippen LogP contribution >= 0.6 is 11.6 Å². The van der Waals surface area contributed by atoms with E-state index < -0.39 is 17.5 Å². The number of aromatic nitrogens is 3. The Morgan fingerprint density at radius 1 is 0.857 bits per heavy atom. The number of hydrogen-bond acceptors (Lipinski definition) is 11. The summed E-state index contributed by atoms with van der Waals surface area (Å²) >= 11 is 6.26. The molecule has 1 unspecified atom stereocenters. The molecule has 3 aromatic carbocycles. The van der Waals surface area contributed by atoms with Crippen molar-refractivity contribution in [1.82, 2.24) is 35.4 Å². The summed E-state index contributed by atoms with van der Waals surface area (Å²) in [6.45, 7) is 14.6. The highest BCUT2D eigenvalue weighted by molar-refractivity contribution is 6.31. The van der Waals surface area contributed by atoms with Gasteiger partial charge in [-0.15, -0.1) is 5.10 Å². The number of benzene rings is 3. The fourth-order valence-corrected chi connectivity index (χ4v) is 12.1. The number of ether oxygens (including phenoxy) is 1. The lowest BCUT2D eigenvalue weighted by atomic mass is 9.49. The van der Waals surface area contributed by atoms with Crippen LogP contribution in [0.5, 0.6) is 5.75 Å². The van der Waals surface area contributed by atoms with E-state index >= 15 is 0 Å². The molecule has 5 aliphatic rings. The maximum Gasteiger partial charge on any atom is 0.278 e. The number of nitrogens with one attached hydrogen (secondary N) is 2. The topological polar surface area (TPSA) is 183 Å². The summed E-state index contributed by atoms with van der Waals surface area (Å²) < 4.78 is 7.46. The first-order valence-corrected chi connectivity index (χ1v) is 25.2. The number of rotatable bonds is 10. The second kappa shape index (κ2) is 20.2. The van der Waals surface area contributed by atoms with Crippen molar-refractivity contribution in [2.24, 2.45) is 28.6 Å². The number of carbonyl (C=O) groups excluding carboxylic acids is 4. The van der Waals surface area contributed by atoms with Gasteiger partial charge in [-0.3, -0.25) is 29.3 Å². The van der Waals surface area contributed by atoms with E-state index in [1.165, 1.54) is 0 Å². The highest BCUT2D eigenvalue weighted by atomic mass is 35.5. The fourth-order valence-electron chi connectivity index (χ4n) is 11.9. The van der Waals surface area contributed by atoms with E-state index in [1.54, 1.807) is 30.3 Å². The normalized spacial score (nSPS) is 23.1. The molecule has 0 bridgehead atoms. The van der Waals surface area contributed by atoms with Gasteiger partial charge in [0.2, 0.25) is 11.8 Å². The molecule has 15 nitrogen and oxygen atoms in total. The molecule has 9 rings (SSSR count). The zero-order valence-corrected chi connectivity index (χ0v) is 41.3. The number of hydrogen-bond donors (Lipinski definition) is 2. The standard InChI is InChI=1S/C54H62ClN9O6/c1-53(2)51(54(3,4)52(53)70-41-14-12-39(32-56)43(55)31-41)58-47(66)37-10-8-34(9-11-37)6-5-7-35-18-24-61(25-19-35)33-36-20-26-63(27-21-36)49(68)38-22-28-62(29-23-38)40-13-15-44-42(30-40)50(69)64(60-59-44)45-16-17-46(65)57-48(45)67/h8-15,30-31,35-36,38,45,51-52H,7,16-29,33H2,1-4H3,(H,58,66)(H,57,65,67). The molecule has 1 atom stereocenters. The fraction of sp³-hybridized carbons (Fsp3) is 0.519. The molecular formula is C54H62ClN9O6. The Bertz CT molecular complexity index is 2810. The first-order chi connectivity index (χ1) is 33.6. The number of likely N-dealkylation sites (tertiary alicyclic amines) is 2. The second-order valence-corrected chi connectivity index (χ2v) is 21.6. The molecule has 4 saturated heterocycles. The maximum absolute atomic E-state index is 13.7. The van der Waals surface area contributed by atoms with Crippen LogP contribution < -0.4 is 25.8 Å². The number of amides is 4. The van der Waals surface area contributed by atoms with Gasteiger partial charge in [0.25, 0.3) is 17.4 Å². The molecule has 5 fully saturated rings. The number of halogens is 1. The van der Waals surface area contributed by atoms with Crippen molar-refractivity contribution in [3.63, 3.8) is 0 Å². The summed E-state index contributed by atoms with van der Waals surface area (Å²) in [7, 11) is 0. The molecule has 2 N–H and O–H groups in total. The summed E-state index contributed by atoms with van der Waals surface area (Å²) in [5.74, 6) is 7.69. The van der Waals surface area contributed by atoms with Crippen LogP contribution in [0.2, 0.25) is 5.02 Å². The van der Waals surface area contributed by atoms with Gasteiger partial charge in [0, 0.05) is 91.2 Å². The molecule has 0 radical (unpaired) electrons. The Labute approximate surface area is 414 Å². The van der Waals surface area contributed by atoms with Crippen LogP contribution in [0.4, 0.5) is 5.69 Å². The Morgan fingerprint density at radius 2 is 1.56 bits per heavy atom. The summed E-state index contributed by atoms with van der Waals surface area (Å²) in [6, 6.07) is 19.2. The molecule has 16 heteroatoms. The molecule has 4 aromatic rings. The Morgan fingerprint density at radius 3 is 2.23 bits per heavy atom. The molecule has 1 saturated carbocycles. The van der Waals surface area contributed by atoms with E-state index in [2.05, 4.69) is 81.3 Å². The van der Waals surface area contributed by atoms with E-state index in [9.17, 15) is 29.2 Å². The van der Waals surface area contributed by atoms with Gasteiger partial charge in [0.05, 0.1) is 16.0 Å². The molecule has 70 heavy (non-hydrogen) atoms. The van der Waals surface area contributed by atoms with Crippen LogP contribution in [0.3, 0.4) is 0 Å². The lowest BCUT2D eigenvalue weighted by molar-refractivity contribution is -0.164. The van der Waals surface area contributed by atoms with E-state index in [-0.39, 0.29) is 59.5 Å². The summed E-state index contributed by atoms with van der Waals surface area (Å²) in [6.07, 6.45) is 6.79. The van der Waals surface area contributed by atoms with E-state index in [0.29, 0.717) is 57.7 Å². The van der Waals surface area contributed by atoms with Gasteiger partial charge in [-0.25, -0.2) is 0 Å². The third kappa shape index (κ3) is 10.1. The van der Waals surface area contributed by atoms with Crippen LogP contribution in [0.25, 0.3) is 10.9 Å². The van der Waals surface area contributed by atoms with Crippen molar-refractivity contribution in [3.8, 4) is 23.7 Å². The molecular weight excluding hydrogens is 906 g/mol. The highest BCUT2D eigenvalue weighted by Crippen LogP contribution is 2.55. The number of piperidine rings is 4. The van der Waals surface area contributed by atoms with Crippen molar-refractivity contribution < 1.29 is 23.9 Å². The lowest BCUT2D eigenvalue weighted by Gasteiger charge is -2.63. The van der Waals surface area contributed by atoms with Crippen LogP contribution in [0.1, 0.15) is 113 Å². The first kappa shape index (κ1) is 48.7. The van der Waals surface area contributed by atoms with Crippen molar-refractivity contribution in [3.05, 3.63) is 92.7 Å². The van der Waals surface area contributed by atoms with Gasteiger partial charge in [-0.1, -0.05) is 56.4 Å². The predicted molar refractivity (Wildman–Crippen MR) is 266 cm³/mol. The molecule has 1 aliphatic carbocycles. The predicted octanol–water partition coefficient (Wildman–Crippen LogP) is 6.52. The van der Waals surface area contributed by atoms with Gasteiger partial charge in [0.1, 0.15) is 29.5 Å². The highest BCUT2D eigenvalue weighted by Gasteiger charge is 2.64. The Kier molecular flexibility index (Phi) is 14.1. The molecule has 4 amide bonds. The van der Waals surface area contributed by atoms with Crippen molar-refractivity contribution in [1.29, 1.82) is 5.26 Å². The van der Waals surface area contributed by atoms with Crippen molar-refractivity contribution >= 4 is 51.8 Å². The second-order valence-electron chi connectivity index (χ2n) is 21.2. The third-order valence-electron chi connectivity index (χ3n) is 15.7. The third-order valence-corrected chi connectivity index (χ3v) is 16.0. The van der Waals surface area contributed by atoms with Crippen LogP contribution in [0, 0.1) is 51.8 Å². The minimum atomic E-state index is -0.876. The number of nitrogens with zero attached hydrogens (tertiary/aromatic N) is 7. The monoisotopic (exact) mass is 967 g/mol. The van der Waals surface area contributed by atoms with Crippen LogP contribution in [-0.4, -0.2) is 106 Å². The molecule has 5 heterocycles. The van der Waals surface area contributed by atoms with Gasteiger partial charge in [0.15, 0.2) is 0 Å². The average molecular weight is 969 g/mol. The van der Waals surface area contributed by atoms with E-state index in [4.69, 9.17) is 16.3 Å². The van der Waals surface area contributed by atoms with Gasteiger partial charge >= 0.3 is 0 Å². The van der Waals surface area contributed by atoms with E-state index in [0.717, 1.165) is 93.6 Å². The average Bonchev–Trinajstić information content (AvgIpc) is 3.36. The number of nitriles is 1. The van der Waals surface area contributed by atoms with Gasteiger partial charge in [-0.05, 0) is 124 Å². The lowest BCUT2D eigenvalue weighted by Crippen LogP contribution is -2.74. The zero-order valence-electron chi connectivity index (χ0n) is 40.5. The quantitative estimate of drug-likeness (QED) is 0.131. The first-order valence-electron chi connectivity index (χ1n) is 24.8. The van der Waals surface area contributed by atoms with Gasteiger partial charge < -0.3 is 24.8 Å². The minimum Gasteiger partial charge on any atom is -0.489 e. The summed E-state index contributed by atoms with van der Waals surface area (Å²) in [5, 5.41) is 23.7. The molecule has 0 spiro atoms. The number of anilines is 1. The van der Waals surface area contributed by atoms with Crippen LogP contribution in [-0.2, 0) is 14.4 Å². The largest absolute Gasteiger partial charge is 0.489 e.